The second-order valence-electron chi connectivity index (χ2n) is 4.21. The number of rotatable bonds is 7. The monoisotopic (exact) mass is 314 g/mol. The fourth-order valence-corrected chi connectivity index (χ4v) is 2.78. The number of ether oxygens (including phenoxy) is 1. The molecule has 1 heterocycles. The van der Waals surface area contributed by atoms with Gasteiger partial charge in [0.25, 0.3) is 0 Å². The summed E-state index contributed by atoms with van der Waals surface area (Å²) in [5.41, 5.74) is 0. The van der Waals surface area contributed by atoms with E-state index in [1.54, 1.807) is 11.0 Å². The number of aromatic nitrogens is 3. The van der Waals surface area contributed by atoms with Gasteiger partial charge in [0.1, 0.15) is 12.7 Å². The van der Waals surface area contributed by atoms with Gasteiger partial charge in [-0.2, -0.15) is 5.10 Å². The van der Waals surface area contributed by atoms with Gasteiger partial charge in [0.15, 0.2) is 11.6 Å². The van der Waals surface area contributed by atoms with Gasteiger partial charge < -0.3 is 4.74 Å². The zero-order valence-corrected chi connectivity index (χ0v) is 12.2. The summed E-state index contributed by atoms with van der Waals surface area (Å²) < 4.78 is 46.3. The van der Waals surface area contributed by atoms with Crippen molar-refractivity contribution in [3.8, 4) is 5.75 Å². The highest BCUT2D eigenvalue weighted by molar-refractivity contribution is 7.89. The topological polar surface area (TPSA) is 86.1 Å². The minimum atomic E-state index is -3.74. The van der Waals surface area contributed by atoms with E-state index in [1.807, 2.05) is 0 Å². The van der Waals surface area contributed by atoms with Crippen LogP contribution in [-0.4, -0.2) is 36.8 Å². The van der Waals surface area contributed by atoms with Crippen LogP contribution in [-0.2, 0) is 16.6 Å². The van der Waals surface area contributed by atoms with Gasteiger partial charge >= 0.3 is 0 Å². The van der Waals surface area contributed by atoms with Gasteiger partial charge in [0.05, 0.1) is 12.0 Å². The molecule has 0 aliphatic heterocycles. The molecule has 1 aromatic carbocycles. The second kappa shape index (κ2) is 6.64. The summed E-state index contributed by atoms with van der Waals surface area (Å²) in [5, 5.41) is 3.90. The Labute approximate surface area is 121 Å². The first-order chi connectivity index (χ1) is 10.0. The van der Waals surface area contributed by atoms with Crippen molar-refractivity contribution in [2.24, 2.45) is 0 Å². The quantitative estimate of drug-likeness (QED) is 0.764. The molecule has 21 heavy (non-hydrogen) atoms. The molecule has 1 aromatic heterocycles. The summed E-state index contributed by atoms with van der Waals surface area (Å²) >= 11 is 0. The Morgan fingerprint density at radius 3 is 2.86 bits per heavy atom. The van der Waals surface area contributed by atoms with Crippen LogP contribution < -0.4 is 9.46 Å². The summed E-state index contributed by atoms with van der Waals surface area (Å²) in [6, 6.07) is 3.50. The van der Waals surface area contributed by atoms with E-state index in [9.17, 15) is 12.8 Å². The van der Waals surface area contributed by atoms with Gasteiger partial charge in [-0.1, -0.05) is 0 Å². The predicted molar refractivity (Wildman–Crippen MR) is 72.8 cm³/mol. The van der Waals surface area contributed by atoms with Crippen LogP contribution >= 0.6 is 0 Å². The minimum Gasteiger partial charge on any atom is -0.494 e. The summed E-state index contributed by atoms with van der Waals surface area (Å²) in [6.07, 6.45) is 3.50. The van der Waals surface area contributed by atoms with Crippen LogP contribution in [0, 0.1) is 5.82 Å². The van der Waals surface area contributed by atoms with Crippen LogP contribution in [0.15, 0.2) is 35.7 Å². The predicted octanol–water partition coefficient (Wildman–Crippen LogP) is 0.794. The Kier molecular flexibility index (Phi) is 4.86. The molecule has 0 atom stereocenters. The molecule has 0 amide bonds. The Hall–Kier alpha value is -2.00. The van der Waals surface area contributed by atoms with Crippen LogP contribution in [0.25, 0.3) is 0 Å². The molecule has 0 bridgehead atoms. The Morgan fingerprint density at radius 1 is 1.43 bits per heavy atom. The lowest BCUT2D eigenvalue weighted by molar-refractivity contribution is 0.385. The number of hydrogen-bond acceptors (Lipinski definition) is 5. The minimum absolute atomic E-state index is 0.000122. The first-order valence-electron chi connectivity index (χ1n) is 6.18. The van der Waals surface area contributed by atoms with Crippen molar-refractivity contribution in [3.63, 3.8) is 0 Å². The van der Waals surface area contributed by atoms with Crippen LogP contribution in [0.2, 0.25) is 0 Å². The van der Waals surface area contributed by atoms with Crippen molar-refractivity contribution in [1.29, 1.82) is 0 Å². The number of methoxy groups -OCH3 is 1. The SMILES string of the molecule is COc1ccc(S(=O)(=O)NCCCn2cncn2)cc1F. The highest BCUT2D eigenvalue weighted by atomic mass is 32.2. The molecule has 9 heteroatoms. The number of nitrogens with one attached hydrogen (secondary N) is 1. The number of benzene rings is 1. The molecule has 0 saturated heterocycles. The Bertz CT molecular complexity index is 689. The van der Waals surface area contributed by atoms with E-state index in [4.69, 9.17) is 4.74 Å². The van der Waals surface area contributed by atoms with Gasteiger partial charge in [0, 0.05) is 13.1 Å². The summed E-state index contributed by atoms with van der Waals surface area (Å²) in [7, 11) is -2.43. The summed E-state index contributed by atoms with van der Waals surface area (Å²) in [4.78, 5) is 3.65. The molecule has 2 aromatic rings. The highest BCUT2D eigenvalue weighted by Gasteiger charge is 2.16. The highest BCUT2D eigenvalue weighted by Crippen LogP contribution is 2.20. The second-order valence-corrected chi connectivity index (χ2v) is 5.97. The zero-order valence-electron chi connectivity index (χ0n) is 11.4. The third-order valence-corrected chi connectivity index (χ3v) is 4.21. The number of hydrogen-bond donors (Lipinski definition) is 1. The van der Waals surface area contributed by atoms with Gasteiger partial charge in [-0.15, -0.1) is 0 Å². The van der Waals surface area contributed by atoms with Crippen LogP contribution in [0.4, 0.5) is 4.39 Å². The molecule has 0 saturated carbocycles. The first-order valence-corrected chi connectivity index (χ1v) is 7.67. The molecule has 0 radical (unpaired) electrons. The normalized spacial score (nSPS) is 11.5. The number of sulfonamides is 1. The smallest absolute Gasteiger partial charge is 0.240 e. The van der Waals surface area contributed by atoms with Gasteiger partial charge in [-0.3, -0.25) is 4.68 Å². The van der Waals surface area contributed by atoms with Crippen molar-refractivity contribution in [1.82, 2.24) is 19.5 Å². The Morgan fingerprint density at radius 2 is 2.24 bits per heavy atom. The molecule has 114 valence electrons. The molecule has 0 aliphatic carbocycles. The molecule has 0 fully saturated rings. The van der Waals surface area contributed by atoms with E-state index >= 15 is 0 Å². The lowest BCUT2D eigenvalue weighted by Crippen LogP contribution is -2.25. The maximum atomic E-state index is 13.5. The fourth-order valence-electron chi connectivity index (χ4n) is 1.69. The van der Waals surface area contributed by atoms with E-state index in [2.05, 4.69) is 14.8 Å². The van der Waals surface area contributed by atoms with Crippen molar-refractivity contribution >= 4 is 10.0 Å². The Balaban J connectivity index is 1.93. The van der Waals surface area contributed by atoms with Crippen molar-refractivity contribution < 1.29 is 17.5 Å². The van der Waals surface area contributed by atoms with Crippen LogP contribution in [0.5, 0.6) is 5.75 Å². The standard InChI is InChI=1S/C12H15FN4O3S/c1-20-12-4-3-10(7-11(12)13)21(18,19)16-5-2-6-17-9-14-8-15-17/h3-4,7-9,16H,2,5-6H2,1H3. The third kappa shape index (κ3) is 3.99. The van der Waals surface area contributed by atoms with Gasteiger partial charge in [-0.25, -0.2) is 22.5 Å². The molecule has 0 spiro atoms. The van der Waals surface area contributed by atoms with Crippen molar-refractivity contribution in [3.05, 3.63) is 36.7 Å². The van der Waals surface area contributed by atoms with Crippen molar-refractivity contribution in [2.45, 2.75) is 17.9 Å². The maximum Gasteiger partial charge on any atom is 0.240 e. The van der Waals surface area contributed by atoms with Gasteiger partial charge in [-0.05, 0) is 24.6 Å². The first kappa shape index (κ1) is 15.4. The summed E-state index contributed by atoms with van der Waals surface area (Å²) in [5.74, 6) is -0.719. The fraction of sp³-hybridized carbons (Fsp3) is 0.333. The molecule has 7 nitrogen and oxygen atoms in total. The molecule has 1 N–H and O–H groups in total. The van der Waals surface area contributed by atoms with Crippen molar-refractivity contribution in [2.75, 3.05) is 13.7 Å². The maximum absolute atomic E-state index is 13.5. The van der Waals surface area contributed by atoms with E-state index < -0.39 is 15.8 Å². The van der Waals surface area contributed by atoms with E-state index in [0.29, 0.717) is 13.0 Å². The number of nitrogens with zero attached hydrogens (tertiary/aromatic N) is 3. The van der Waals surface area contributed by atoms with Gasteiger partial charge in [0.2, 0.25) is 10.0 Å². The summed E-state index contributed by atoms with van der Waals surface area (Å²) in [6.45, 7) is 0.759. The average Bonchev–Trinajstić information content (AvgIpc) is 2.97. The number of aryl methyl sites for hydroxylation is 1. The lowest BCUT2D eigenvalue weighted by Gasteiger charge is -2.08. The largest absolute Gasteiger partial charge is 0.494 e. The van der Waals surface area contributed by atoms with E-state index in [1.165, 1.54) is 25.6 Å². The van der Waals surface area contributed by atoms with E-state index in [0.717, 1.165) is 6.07 Å². The van der Waals surface area contributed by atoms with E-state index in [-0.39, 0.29) is 17.2 Å². The molecular weight excluding hydrogens is 299 g/mol. The van der Waals surface area contributed by atoms with Crippen LogP contribution in [0.1, 0.15) is 6.42 Å². The van der Waals surface area contributed by atoms with Crippen LogP contribution in [0.3, 0.4) is 0 Å². The molecule has 0 unspecified atom stereocenters. The number of halogens is 1. The molecule has 2 rings (SSSR count). The molecule has 0 aliphatic rings. The lowest BCUT2D eigenvalue weighted by atomic mass is 10.3. The third-order valence-electron chi connectivity index (χ3n) is 2.76. The zero-order chi connectivity index (χ0) is 15.3. The average molecular weight is 314 g/mol. The molecular formula is C12H15FN4O3S.